The lowest BCUT2D eigenvalue weighted by atomic mass is 10.00. The number of hydrogen-bond acceptors (Lipinski definition) is 6. The van der Waals surface area contributed by atoms with E-state index in [9.17, 15) is 19.5 Å². The van der Waals surface area contributed by atoms with E-state index in [1.807, 2.05) is 65.6 Å². The lowest BCUT2D eigenvalue weighted by molar-refractivity contribution is -0.138. The molecule has 8 heteroatoms. The van der Waals surface area contributed by atoms with Gasteiger partial charge in [0.15, 0.2) is 5.78 Å². The lowest BCUT2D eigenvalue weighted by Gasteiger charge is -2.23. The van der Waals surface area contributed by atoms with Gasteiger partial charge in [0.1, 0.15) is 11.8 Å². The Labute approximate surface area is 258 Å². The maximum absolute atomic E-state index is 13.1. The molecule has 1 unspecified atom stereocenters. The van der Waals surface area contributed by atoms with Crippen molar-refractivity contribution in [2.24, 2.45) is 0 Å². The van der Waals surface area contributed by atoms with Crippen LogP contribution in [0.2, 0.25) is 0 Å². The van der Waals surface area contributed by atoms with Crippen molar-refractivity contribution in [3.8, 4) is 5.75 Å². The number of ketones is 1. The zero-order valence-electron chi connectivity index (χ0n) is 24.9. The van der Waals surface area contributed by atoms with Crippen molar-refractivity contribution in [3.05, 3.63) is 131 Å². The quantitative estimate of drug-likeness (QED) is 0.117. The molecule has 0 saturated carbocycles. The molecule has 0 aliphatic rings. The van der Waals surface area contributed by atoms with Gasteiger partial charge in [0.25, 0.3) is 0 Å². The molecule has 44 heavy (non-hydrogen) atoms. The molecule has 228 valence electrons. The van der Waals surface area contributed by atoms with Gasteiger partial charge < -0.3 is 24.8 Å². The molecular formula is C36H38N2O6. The molecule has 4 aromatic rings. The van der Waals surface area contributed by atoms with E-state index < -0.39 is 12.0 Å². The summed E-state index contributed by atoms with van der Waals surface area (Å²) in [4.78, 5) is 39.8. The molecule has 0 saturated heterocycles. The van der Waals surface area contributed by atoms with E-state index >= 15 is 0 Å². The van der Waals surface area contributed by atoms with Crippen molar-refractivity contribution < 1.29 is 29.0 Å². The highest BCUT2D eigenvalue weighted by Crippen LogP contribution is 2.22. The van der Waals surface area contributed by atoms with E-state index in [2.05, 4.69) is 5.32 Å². The van der Waals surface area contributed by atoms with Crippen molar-refractivity contribution >= 4 is 23.3 Å². The normalized spacial score (nSPS) is 11.4. The van der Waals surface area contributed by atoms with E-state index in [1.165, 1.54) is 0 Å². The van der Waals surface area contributed by atoms with E-state index in [0.29, 0.717) is 61.7 Å². The van der Waals surface area contributed by atoms with E-state index in [0.717, 1.165) is 11.1 Å². The van der Waals surface area contributed by atoms with Gasteiger partial charge in [-0.1, -0.05) is 84.9 Å². The van der Waals surface area contributed by atoms with E-state index in [-0.39, 0.29) is 18.1 Å². The number of carbonyl (C=O) groups excluding carboxylic acids is 2. The van der Waals surface area contributed by atoms with E-state index in [1.54, 1.807) is 55.6 Å². The van der Waals surface area contributed by atoms with Crippen molar-refractivity contribution in [1.29, 1.82) is 0 Å². The molecule has 8 nitrogen and oxygen atoms in total. The molecule has 1 amide bonds. The second kappa shape index (κ2) is 16.6. The summed E-state index contributed by atoms with van der Waals surface area (Å²) in [7, 11) is 1.58. The van der Waals surface area contributed by atoms with Crippen molar-refractivity contribution in [2.75, 3.05) is 32.2 Å². The fraction of sp³-hybridized carbons (Fsp3) is 0.250. The molecule has 0 aromatic heterocycles. The zero-order valence-corrected chi connectivity index (χ0v) is 24.9. The first-order valence-corrected chi connectivity index (χ1v) is 14.6. The standard InChI is InChI=1S/C36H38N2O6/c1-43-24-21-34(39)38(26-28-11-4-2-5-12-28)22-10-23-44-30-19-17-27(18-20-30)25-33(36(41)42)37-32-16-9-8-15-31(32)35(40)29-13-6-3-7-14-29/h2-9,11-20,33,37H,10,21-26H2,1H3,(H,41,42). The summed E-state index contributed by atoms with van der Waals surface area (Å²) >= 11 is 0. The minimum absolute atomic E-state index is 0.0358. The Kier molecular flexibility index (Phi) is 12.1. The van der Waals surface area contributed by atoms with Gasteiger partial charge in [0, 0.05) is 43.4 Å². The number of carboxylic acid groups (broad SMARTS) is 1. The van der Waals surface area contributed by atoms with Crippen LogP contribution in [0.4, 0.5) is 5.69 Å². The highest BCUT2D eigenvalue weighted by atomic mass is 16.5. The van der Waals surface area contributed by atoms with Gasteiger partial charge in [-0.25, -0.2) is 4.79 Å². The number of amides is 1. The molecule has 1 atom stereocenters. The van der Waals surface area contributed by atoms with Crippen LogP contribution >= 0.6 is 0 Å². The minimum atomic E-state index is -1.02. The number of carboxylic acids is 1. The number of methoxy groups -OCH3 is 1. The minimum Gasteiger partial charge on any atom is -0.494 e. The van der Waals surface area contributed by atoms with Crippen LogP contribution in [0.3, 0.4) is 0 Å². The lowest BCUT2D eigenvalue weighted by Crippen LogP contribution is -2.32. The number of para-hydroxylation sites is 1. The first-order valence-electron chi connectivity index (χ1n) is 14.6. The first-order chi connectivity index (χ1) is 21.4. The highest BCUT2D eigenvalue weighted by molar-refractivity contribution is 6.12. The van der Waals surface area contributed by atoms with E-state index in [4.69, 9.17) is 9.47 Å². The van der Waals surface area contributed by atoms with Crippen LogP contribution in [-0.2, 0) is 27.3 Å². The van der Waals surface area contributed by atoms with Crippen LogP contribution in [-0.4, -0.2) is 60.6 Å². The molecule has 0 bridgehead atoms. The van der Waals surface area contributed by atoms with Crippen LogP contribution in [0.25, 0.3) is 0 Å². The van der Waals surface area contributed by atoms with Crippen molar-refractivity contribution in [3.63, 3.8) is 0 Å². The topological polar surface area (TPSA) is 105 Å². The third kappa shape index (κ3) is 9.54. The first kappa shape index (κ1) is 32.0. The number of hydrogen-bond donors (Lipinski definition) is 2. The summed E-state index contributed by atoms with van der Waals surface area (Å²) in [5.74, 6) is -0.504. The summed E-state index contributed by atoms with van der Waals surface area (Å²) < 4.78 is 11.0. The van der Waals surface area contributed by atoms with Crippen LogP contribution in [0.5, 0.6) is 5.75 Å². The maximum atomic E-state index is 13.1. The summed E-state index contributed by atoms with van der Waals surface area (Å²) in [6.45, 7) is 1.88. The number of carbonyl (C=O) groups is 3. The molecule has 0 heterocycles. The number of aliphatic carboxylic acids is 1. The number of nitrogens with zero attached hydrogens (tertiary/aromatic N) is 1. The van der Waals surface area contributed by atoms with Crippen LogP contribution in [0.15, 0.2) is 109 Å². The van der Waals surface area contributed by atoms with Gasteiger partial charge in [-0.15, -0.1) is 0 Å². The number of rotatable bonds is 17. The molecular weight excluding hydrogens is 556 g/mol. The van der Waals surface area contributed by atoms with Gasteiger partial charge in [-0.05, 0) is 41.8 Å². The van der Waals surface area contributed by atoms with Gasteiger partial charge >= 0.3 is 5.97 Å². The predicted molar refractivity (Wildman–Crippen MR) is 170 cm³/mol. The largest absolute Gasteiger partial charge is 0.494 e. The SMILES string of the molecule is COCCC(=O)N(CCCOc1ccc(CC(Nc2ccccc2C(=O)c2ccccc2)C(=O)O)cc1)Cc1ccccc1. The Balaban J connectivity index is 1.32. The maximum Gasteiger partial charge on any atom is 0.326 e. The average Bonchev–Trinajstić information content (AvgIpc) is 3.06. The molecule has 0 spiro atoms. The van der Waals surface area contributed by atoms with Crippen molar-refractivity contribution in [1.82, 2.24) is 4.90 Å². The number of ether oxygens (including phenoxy) is 2. The molecule has 0 fully saturated rings. The smallest absolute Gasteiger partial charge is 0.326 e. The second-order valence-corrected chi connectivity index (χ2v) is 10.4. The predicted octanol–water partition coefficient (Wildman–Crippen LogP) is 5.86. The van der Waals surface area contributed by atoms with Gasteiger partial charge in [-0.2, -0.15) is 0 Å². The summed E-state index contributed by atoms with van der Waals surface area (Å²) in [6, 6.07) is 32.1. The van der Waals surface area contributed by atoms with Gasteiger partial charge in [-0.3, -0.25) is 9.59 Å². The molecule has 2 N–H and O–H groups in total. The van der Waals surface area contributed by atoms with Crippen LogP contribution in [0, 0.1) is 0 Å². The fourth-order valence-corrected chi connectivity index (χ4v) is 4.79. The monoisotopic (exact) mass is 594 g/mol. The summed E-state index contributed by atoms with van der Waals surface area (Å²) in [5, 5.41) is 13.0. The zero-order chi connectivity index (χ0) is 31.1. The molecule has 4 rings (SSSR count). The number of benzene rings is 4. The Hall–Kier alpha value is -4.95. The Morgan fingerprint density at radius 1 is 0.795 bits per heavy atom. The average molecular weight is 595 g/mol. The van der Waals surface area contributed by atoms with Crippen LogP contribution < -0.4 is 10.1 Å². The number of nitrogens with one attached hydrogen (secondary N) is 1. The Morgan fingerprint density at radius 2 is 1.45 bits per heavy atom. The third-order valence-electron chi connectivity index (χ3n) is 7.13. The molecule has 0 aliphatic heterocycles. The molecule has 0 radical (unpaired) electrons. The van der Waals surface area contributed by atoms with Crippen LogP contribution in [0.1, 0.15) is 39.9 Å². The van der Waals surface area contributed by atoms with Gasteiger partial charge in [0.2, 0.25) is 5.91 Å². The van der Waals surface area contributed by atoms with Crippen molar-refractivity contribution in [2.45, 2.75) is 31.8 Å². The second-order valence-electron chi connectivity index (χ2n) is 10.4. The summed E-state index contributed by atoms with van der Waals surface area (Å²) in [6.07, 6.45) is 1.19. The molecule has 0 aliphatic carbocycles. The third-order valence-corrected chi connectivity index (χ3v) is 7.13. The fourth-order valence-electron chi connectivity index (χ4n) is 4.79. The van der Waals surface area contributed by atoms with Gasteiger partial charge in [0.05, 0.1) is 19.6 Å². The Morgan fingerprint density at radius 3 is 2.14 bits per heavy atom. The Bertz CT molecular complexity index is 1490. The highest BCUT2D eigenvalue weighted by Gasteiger charge is 2.21. The molecule has 4 aromatic carbocycles. The summed E-state index contributed by atoms with van der Waals surface area (Å²) in [5.41, 5.74) is 3.29. The number of anilines is 1.